The number of carbonyl (C=O) groups excluding carboxylic acids is 1. The van der Waals surface area contributed by atoms with Crippen molar-refractivity contribution in [3.63, 3.8) is 0 Å². The van der Waals surface area contributed by atoms with Crippen molar-refractivity contribution in [2.24, 2.45) is 5.41 Å². The molecule has 2 aliphatic rings. The smallest absolute Gasteiger partial charge is 0.229 e. The number of amides is 1. The van der Waals surface area contributed by atoms with Crippen molar-refractivity contribution in [1.29, 1.82) is 0 Å². The third kappa shape index (κ3) is 2.94. The lowest BCUT2D eigenvalue weighted by Gasteiger charge is -2.37. The summed E-state index contributed by atoms with van der Waals surface area (Å²) in [4.78, 5) is 17.1. The molecule has 1 aromatic heterocycles. The van der Waals surface area contributed by atoms with Crippen LogP contribution >= 0.6 is 0 Å². The Labute approximate surface area is 155 Å². The molecule has 2 saturated heterocycles. The molecule has 1 amide bonds. The van der Waals surface area contributed by atoms with E-state index in [0.29, 0.717) is 5.91 Å². The minimum absolute atomic E-state index is 0.157. The molecule has 138 valence electrons. The standard InChI is InChI=1S/C21H28N4O/c1-15-5-6-16(2)18(11-15)19-17(12-22-23-19)13-25-10-8-21(14-25)7-4-9-24(3)20(21)26/h5-6,11-12H,4,7-10,13-14H2,1-3H3,(H,22,23)/t21-/m1/s1. The number of rotatable bonds is 3. The van der Waals surface area contributed by atoms with E-state index in [-0.39, 0.29) is 5.41 Å². The van der Waals surface area contributed by atoms with Crippen molar-refractivity contribution >= 4 is 5.91 Å². The molecule has 3 heterocycles. The highest BCUT2D eigenvalue weighted by Gasteiger charge is 2.47. The summed E-state index contributed by atoms with van der Waals surface area (Å²) in [6.07, 6.45) is 5.07. The summed E-state index contributed by atoms with van der Waals surface area (Å²) in [5.74, 6) is 0.341. The van der Waals surface area contributed by atoms with E-state index < -0.39 is 0 Å². The minimum atomic E-state index is -0.157. The van der Waals surface area contributed by atoms with Crippen LogP contribution in [0.3, 0.4) is 0 Å². The van der Waals surface area contributed by atoms with Crippen LogP contribution in [0.15, 0.2) is 24.4 Å². The van der Waals surface area contributed by atoms with Crippen LogP contribution in [0, 0.1) is 19.3 Å². The highest BCUT2D eigenvalue weighted by atomic mass is 16.2. The maximum atomic E-state index is 12.7. The summed E-state index contributed by atoms with van der Waals surface area (Å²) in [7, 11) is 1.95. The van der Waals surface area contributed by atoms with Crippen LogP contribution in [0.25, 0.3) is 11.3 Å². The number of carbonyl (C=O) groups is 1. The molecule has 1 atom stereocenters. The maximum absolute atomic E-state index is 12.7. The lowest BCUT2D eigenvalue weighted by molar-refractivity contribution is -0.143. The number of piperidine rings is 1. The maximum Gasteiger partial charge on any atom is 0.229 e. The number of aryl methyl sites for hydroxylation is 2. The first kappa shape index (κ1) is 17.3. The van der Waals surface area contributed by atoms with Gasteiger partial charge in [-0.3, -0.25) is 14.8 Å². The second-order valence-corrected chi connectivity index (χ2v) is 8.16. The predicted molar refractivity (Wildman–Crippen MR) is 103 cm³/mol. The number of hydrogen-bond acceptors (Lipinski definition) is 3. The Morgan fingerprint density at radius 3 is 2.92 bits per heavy atom. The van der Waals surface area contributed by atoms with Gasteiger partial charge < -0.3 is 4.90 Å². The van der Waals surface area contributed by atoms with E-state index in [1.807, 2.05) is 18.1 Å². The molecule has 2 aromatic rings. The van der Waals surface area contributed by atoms with E-state index in [9.17, 15) is 4.79 Å². The molecule has 5 heteroatoms. The van der Waals surface area contributed by atoms with Gasteiger partial charge in [0.1, 0.15) is 0 Å². The monoisotopic (exact) mass is 352 g/mol. The zero-order valence-corrected chi connectivity index (χ0v) is 16.0. The number of hydrogen-bond donors (Lipinski definition) is 1. The lowest BCUT2D eigenvalue weighted by atomic mass is 9.78. The first-order chi connectivity index (χ1) is 12.5. The van der Waals surface area contributed by atoms with Crippen LogP contribution in [0.2, 0.25) is 0 Å². The third-order valence-corrected chi connectivity index (χ3v) is 6.16. The summed E-state index contributed by atoms with van der Waals surface area (Å²) in [6, 6.07) is 6.53. The van der Waals surface area contributed by atoms with Gasteiger partial charge in [-0.2, -0.15) is 5.10 Å². The number of nitrogens with zero attached hydrogens (tertiary/aromatic N) is 3. The summed E-state index contributed by atoms with van der Waals surface area (Å²) in [5, 5.41) is 7.51. The zero-order chi connectivity index (χ0) is 18.3. The fraction of sp³-hybridized carbons (Fsp3) is 0.524. The normalized spacial score (nSPS) is 24.0. The predicted octanol–water partition coefficient (Wildman–Crippen LogP) is 3.14. The molecule has 0 aliphatic carbocycles. The molecular formula is C21H28N4O. The fourth-order valence-corrected chi connectivity index (χ4v) is 4.65. The van der Waals surface area contributed by atoms with Gasteiger partial charge in [0.05, 0.1) is 17.3 Å². The molecule has 0 radical (unpaired) electrons. The van der Waals surface area contributed by atoms with Crippen molar-refractivity contribution in [1.82, 2.24) is 20.0 Å². The van der Waals surface area contributed by atoms with Gasteiger partial charge in [0.2, 0.25) is 5.91 Å². The highest BCUT2D eigenvalue weighted by molar-refractivity contribution is 5.84. The van der Waals surface area contributed by atoms with Crippen LogP contribution in [-0.4, -0.2) is 52.6 Å². The highest BCUT2D eigenvalue weighted by Crippen LogP contribution is 2.40. The number of H-pyrrole nitrogens is 1. The molecule has 0 saturated carbocycles. The Bertz CT molecular complexity index is 827. The summed E-state index contributed by atoms with van der Waals surface area (Å²) in [5.41, 5.74) is 5.90. The van der Waals surface area contributed by atoms with Gasteiger partial charge in [0.25, 0.3) is 0 Å². The first-order valence-corrected chi connectivity index (χ1v) is 9.56. The summed E-state index contributed by atoms with van der Waals surface area (Å²) >= 11 is 0. The van der Waals surface area contributed by atoms with Crippen molar-refractivity contribution < 1.29 is 4.79 Å². The van der Waals surface area contributed by atoms with Gasteiger partial charge in [-0.1, -0.05) is 17.7 Å². The molecular weight excluding hydrogens is 324 g/mol. The van der Waals surface area contributed by atoms with Gasteiger partial charge in [0, 0.05) is 37.8 Å². The topological polar surface area (TPSA) is 52.2 Å². The van der Waals surface area contributed by atoms with Crippen molar-refractivity contribution in [2.75, 3.05) is 26.7 Å². The van der Waals surface area contributed by atoms with Crippen LogP contribution in [0.1, 0.15) is 36.0 Å². The SMILES string of the molecule is Cc1ccc(C)c(-c2[nH]ncc2CN2CC[C@]3(CCCN(C)C3=O)C2)c1. The molecule has 2 fully saturated rings. The molecule has 0 unspecified atom stereocenters. The zero-order valence-electron chi connectivity index (χ0n) is 16.0. The lowest BCUT2D eigenvalue weighted by Crippen LogP contribution is -2.48. The fourth-order valence-electron chi connectivity index (χ4n) is 4.65. The molecule has 5 nitrogen and oxygen atoms in total. The van der Waals surface area contributed by atoms with Crippen molar-refractivity contribution in [2.45, 2.75) is 39.7 Å². The van der Waals surface area contributed by atoms with Gasteiger partial charge in [-0.15, -0.1) is 0 Å². The Kier molecular flexibility index (Phi) is 4.35. The molecule has 1 N–H and O–H groups in total. The largest absolute Gasteiger partial charge is 0.345 e. The van der Waals surface area contributed by atoms with Gasteiger partial charge >= 0.3 is 0 Å². The summed E-state index contributed by atoms with van der Waals surface area (Å²) < 4.78 is 0. The number of likely N-dealkylation sites (tertiary alicyclic amines) is 2. The Hall–Kier alpha value is -2.14. The van der Waals surface area contributed by atoms with Crippen molar-refractivity contribution in [3.8, 4) is 11.3 Å². The Morgan fingerprint density at radius 2 is 2.08 bits per heavy atom. The quantitative estimate of drug-likeness (QED) is 0.923. The number of benzene rings is 1. The molecule has 0 bridgehead atoms. The van der Waals surface area contributed by atoms with Crippen LogP contribution in [0.4, 0.5) is 0 Å². The van der Waals surface area contributed by atoms with E-state index in [1.54, 1.807) is 0 Å². The average molecular weight is 352 g/mol. The van der Waals surface area contributed by atoms with Crippen molar-refractivity contribution in [3.05, 3.63) is 41.1 Å². The minimum Gasteiger partial charge on any atom is -0.345 e. The Balaban J connectivity index is 1.54. The van der Waals surface area contributed by atoms with Crippen LogP contribution in [0.5, 0.6) is 0 Å². The van der Waals surface area contributed by atoms with E-state index >= 15 is 0 Å². The van der Waals surface area contributed by atoms with Crippen LogP contribution < -0.4 is 0 Å². The molecule has 2 aliphatic heterocycles. The second kappa shape index (κ2) is 6.54. The number of aromatic amines is 1. The number of nitrogens with one attached hydrogen (secondary N) is 1. The molecule has 1 spiro atoms. The van der Waals surface area contributed by atoms with Gasteiger partial charge in [-0.05, 0) is 51.3 Å². The Morgan fingerprint density at radius 1 is 1.23 bits per heavy atom. The van der Waals surface area contributed by atoms with E-state index in [1.165, 1.54) is 22.3 Å². The molecule has 4 rings (SSSR count). The first-order valence-electron chi connectivity index (χ1n) is 9.56. The van der Waals surface area contributed by atoms with Gasteiger partial charge in [0.15, 0.2) is 0 Å². The van der Waals surface area contributed by atoms with E-state index in [0.717, 1.165) is 51.1 Å². The van der Waals surface area contributed by atoms with Gasteiger partial charge in [-0.25, -0.2) is 0 Å². The number of aromatic nitrogens is 2. The van der Waals surface area contributed by atoms with E-state index in [4.69, 9.17) is 0 Å². The average Bonchev–Trinajstić information content (AvgIpc) is 3.23. The third-order valence-electron chi connectivity index (χ3n) is 6.16. The van der Waals surface area contributed by atoms with Crippen LogP contribution in [-0.2, 0) is 11.3 Å². The molecule has 26 heavy (non-hydrogen) atoms. The second-order valence-electron chi connectivity index (χ2n) is 8.16. The summed E-state index contributed by atoms with van der Waals surface area (Å²) in [6.45, 7) is 7.86. The molecule has 1 aromatic carbocycles. The van der Waals surface area contributed by atoms with E-state index in [2.05, 4.69) is 47.1 Å².